The van der Waals surface area contributed by atoms with E-state index in [1.807, 2.05) is 11.8 Å². The number of aliphatic hydroxyl groups excluding tert-OH is 1. The Morgan fingerprint density at radius 3 is 2.65 bits per heavy atom. The highest BCUT2D eigenvalue weighted by Crippen LogP contribution is 2.29. The number of hydrogen-bond acceptors (Lipinski definition) is 6. The van der Waals surface area contributed by atoms with Gasteiger partial charge in [-0.1, -0.05) is 13.8 Å². The number of nitrogens with two attached hydrogens (primary N) is 1. The van der Waals surface area contributed by atoms with Crippen molar-refractivity contribution >= 4 is 11.6 Å². The minimum absolute atomic E-state index is 0.0980. The molecule has 0 aliphatic rings. The molecule has 0 aliphatic carbocycles. The topological polar surface area (TPSA) is 87.3 Å². The van der Waals surface area contributed by atoms with Crippen molar-refractivity contribution < 1.29 is 5.11 Å². The summed E-state index contributed by atoms with van der Waals surface area (Å²) in [6.45, 7) is 7.59. The summed E-state index contributed by atoms with van der Waals surface area (Å²) in [7, 11) is 0. The quantitative estimate of drug-likeness (QED) is 0.500. The summed E-state index contributed by atoms with van der Waals surface area (Å²) in [6.07, 6.45) is 1.48. The lowest BCUT2D eigenvalue weighted by molar-refractivity contribution is 0.302. The highest BCUT2D eigenvalue weighted by atomic mass is 16.3. The third-order valence-corrected chi connectivity index (χ3v) is 2.63. The molecule has 0 unspecified atom stereocenters. The number of anilines is 2. The van der Waals surface area contributed by atoms with Crippen LogP contribution in [0.15, 0.2) is 6.33 Å². The molecule has 0 atom stereocenters. The molecule has 0 saturated heterocycles. The molecule has 17 heavy (non-hydrogen) atoms. The molecule has 0 aromatic carbocycles. The summed E-state index contributed by atoms with van der Waals surface area (Å²) in [4.78, 5) is 10.4. The van der Waals surface area contributed by atoms with Crippen LogP contribution in [0.4, 0.5) is 11.6 Å². The van der Waals surface area contributed by atoms with Gasteiger partial charge in [0, 0.05) is 18.7 Å². The van der Waals surface area contributed by atoms with Crippen molar-refractivity contribution in [2.45, 2.75) is 26.7 Å². The average Bonchev–Trinajstić information content (AvgIpc) is 2.34. The van der Waals surface area contributed by atoms with Crippen molar-refractivity contribution in [3.05, 3.63) is 11.9 Å². The van der Waals surface area contributed by atoms with Gasteiger partial charge < -0.3 is 15.4 Å². The zero-order chi connectivity index (χ0) is 12.8. The summed E-state index contributed by atoms with van der Waals surface area (Å²) in [5.74, 6) is 7.19. The van der Waals surface area contributed by atoms with Gasteiger partial charge in [-0.3, -0.25) is 0 Å². The number of likely N-dealkylation sites (N-methyl/N-ethyl adjacent to an activating group) is 1. The van der Waals surface area contributed by atoms with Gasteiger partial charge in [0.05, 0.1) is 6.61 Å². The summed E-state index contributed by atoms with van der Waals surface area (Å²) in [5.41, 5.74) is 3.58. The van der Waals surface area contributed by atoms with Crippen molar-refractivity contribution in [1.82, 2.24) is 9.97 Å². The van der Waals surface area contributed by atoms with Gasteiger partial charge in [0.15, 0.2) is 0 Å². The van der Waals surface area contributed by atoms with E-state index in [2.05, 4.69) is 29.2 Å². The van der Waals surface area contributed by atoms with Gasteiger partial charge in [0.1, 0.15) is 18.0 Å². The lowest BCUT2D eigenvalue weighted by Gasteiger charge is -2.25. The maximum absolute atomic E-state index is 9.06. The molecule has 96 valence electrons. The van der Waals surface area contributed by atoms with Crippen molar-refractivity contribution in [1.29, 1.82) is 0 Å². The molecule has 0 amide bonds. The smallest absolute Gasteiger partial charge is 0.148 e. The van der Waals surface area contributed by atoms with Crippen LogP contribution in [0.3, 0.4) is 0 Å². The van der Waals surface area contributed by atoms with E-state index in [9.17, 15) is 0 Å². The molecule has 4 N–H and O–H groups in total. The fourth-order valence-corrected chi connectivity index (χ4v) is 1.82. The summed E-state index contributed by atoms with van der Waals surface area (Å²) >= 11 is 0. The predicted molar refractivity (Wildman–Crippen MR) is 68.9 cm³/mol. The SMILES string of the molecule is CCN(CCO)c1ncnc(NN)c1C(C)C. The van der Waals surface area contributed by atoms with Crippen LogP contribution in [0.25, 0.3) is 0 Å². The maximum atomic E-state index is 9.06. The molecular weight excluding hydrogens is 218 g/mol. The minimum atomic E-state index is 0.0980. The molecule has 0 saturated carbocycles. The number of nitrogen functional groups attached to an aromatic ring is 1. The number of nitrogens with one attached hydrogen (secondary N) is 1. The van der Waals surface area contributed by atoms with E-state index in [0.29, 0.717) is 12.4 Å². The van der Waals surface area contributed by atoms with Crippen LogP contribution in [-0.4, -0.2) is 34.8 Å². The van der Waals surface area contributed by atoms with Crippen molar-refractivity contribution in [2.24, 2.45) is 5.84 Å². The first-order valence-corrected chi connectivity index (χ1v) is 5.83. The molecule has 1 aromatic heterocycles. The van der Waals surface area contributed by atoms with E-state index in [0.717, 1.165) is 17.9 Å². The monoisotopic (exact) mass is 239 g/mol. The second-order valence-corrected chi connectivity index (χ2v) is 4.06. The van der Waals surface area contributed by atoms with Crippen molar-refractivity contribution in [3.8, 4) is 0 Å². The zero-order valence-corrected chi connectivity index (χ0v) is 10.6. The average molecular weight is 239 g/mol. The number of rotatable bonds is 6. The third-order valence-electron chi connectivity index (χ3n) is 2.63. The van der Waals surface area contributed by atoms with Gasteiger partial charge in [-0.05, 0) is 12.8 Å². The Balaban J connectivity index is 3.20. The minimum Gasteiger partial charge on any atom is -0.395 e. The van der Waals surface area contributed by atoms with Gasteiger partial charge in [-0.25, -0.2) is 15.8 Å². The molecular formula is C11H21N5O. The van der Waals surface area contributed by atoms with Crippen LogP contribution in [0.1, 0.15) is 32.3 Å². The van der Waals surface area contributed by atoms with E-state index in [-0.39, 0.29) is 12.5 Å². The van der Waals surface area contributed by atoms with Crippen LogP contribution >= 0.6 is 0 Å². The van der Waals surface area contributed by atoms with Gasteiger partial charge in [-0.2, -0.15) is 0 Å². The van der Waals surface area contributed by atoms with Crippen LogP contribution in [0.5, 0.6) is 0 Å². The molecule has 0 fully saturated rings. The number of aromatic nitrogens is 2. The number of hydrazine groups is 1. The number of aliphatic hydroxyl groups is 1. The fourth-order valence-electron chi connectivity index (χ4n) is 1.82. The second kappa shape index (κ2) is 6.36. The van der Waals surface area contributed by atoms with Crippen LogP contribution in [-0.2, 0) is 0 Å². The third kappa shape index (κ3) is 3.04. The Morgan fingerprint density at radius 2 is 2.18 bits per heavy atom. The Hall–Kier alpha value is -1.40. The van der Waals surface area contributed by atoms with Gasteiger partial charge in [0.25, 0.3) is 0 Å². The van der Waals surface area contributed by atoms with Gasteiger partial charge in [0.2, 0.25) is 0 Å². The Kier molecular flexibility index (Phi) is 5.11. The van der Waals surface area contributed by atoms with E-state index in [1.165, 1.54) is 6.33 Å². The molecule has 6 heteroatoms. The van der Waals surface area contributed by atoms with E-state index < -0.39 is 0 Å². The molecule has 1 aromatic rings. The predicted octanol–water partition coefficient (Wildman–Crippen LogP) is 0.704. The van der Waals surface area contributed by atoms with E-state index >= 15 is 0 Å². The molecule has 0 bridgehead atoms. The molecule has 6 nitrogen and oxygen atoms in total. The van der Waals surface area contributed by atoms with Crippen molar-refractivity contribution in [3.63, 3.8) is 0 Å². The molecule has 0 aliphatic heterocycles. The second-order valence-electron chi connectivity index (χ2n) is 4.06. The Morgan fingerprint density at radius 1 is 1.47 bits per heavy atom. The first-order chi connectivity index (χ1) is 8.15. The Labute approximate surface area is 102 Å². The first-order valence-electron chi connectivity index (χ1n) is 5.83. The first kappa shape index (κ1) is 13.7. The van der Waals surface area contributed by atoms with Gasteiger partial charge >= 0.3 is 0 Å². The largest absolute Gasteiger partial charge is 0.395 e. The van der Waals surface area contributed by atoms with Crippen LogP contribution < -0.4 is 16.2 Å². The standard InChI is InChI=1S/C11H21N5O/c1-4-16(5-6-17)11-9(8(2)3)10(15-12)13-7-14-11/h7-8,17H,4-6,12H2,1-3H3,(H,13,14,15). The Bertz CT molecular complexity index is 356. The normalized spacial score (nSPS) is 10.7. The van der Waals surface area contributed by atoms with Crippen molar-refractivity contribution in [2.75, 3.05) is 30.0 Å². The summed E-state index contributed by atoms with van der Waals surface area (Å²) in [6, 6.07) is 0. The van der Waals surface area contributed by atoms with Crippen LogP contribution in [0.2, 0.25) is 0 Å². The zero-order valence-electron chi connectivity index (χ0n) is 10.6. The summed E-state index contributed by atoms with van der Waals surface area (Å²) in [5, 5.41) is 9.06. The highest BCUT2D eigenvalue weighted by Gasteiger charge is 2.18. The maximum Gasteiger partial charge on any atom is 0.148 e. The van der Waals surface area contributed by atoms with Gasteiger partial charge in [-0.15, -0.1) is 0 Å². The molecule has 1 rings (SSSR count). The number of hydrogen-bond donors (Lipinski definition) is 3. The number of nitrogens with zero attached hydrogens (tertiary/aromatic N) is 3. The molecule has 1 heterocycles. The lowest BCUT2D eigenvalue weighted by Crippen LogP contribution is -2.29. The molecule has 0 spiro atoms. The summed E-state index contributed by atoms with van der Waals surface area (Å²) < 4.78 is 0. The highest BCUT2D eigenvalue weighted by molar-refractivity contribution is 5.59. The fraction of sp³-hybridized carbons (Fsp3) is 0.636. The van der Waals surface area contributed by atoms with E-state index in [1.54, 1.807) is 0 Å². The molecule has 0 radical (unpaired) electrons. The lowest BCUT2D eigenvalue weighted by atomic mass is 10.0. The van der Waals surface area contributed by atoms with E-state index in [4.69, 9.17) is 10.9 Å². The van der Waals surface area contributed by atoms with Crippen LogP contribution in [0, 0.1) is 0 Å².